The van der Waals surface area contributed by atoms with Gasteiger partial charge in [-0.3, -0.25) is 5.43 Å². The third-order valence-corrected chi connectivity index (χ3v) is 4.86. The first-order valence-corrected chi connectivity index (χ1v) is 10.1. The fourth-order valence-corrected chi connectivity index (χ4v) is 3.34. The van der Waals surface area contributed by atoms with E-state index in [-0.39, 0.29) is 12.4 Å². The Kier molecular flexibility index (Phi) is 7.19. The summed E-state index contributed by atoms with van der Waals surface area (Å²) < 4.78 is 21.6. The monoisotopic (exact) mass is 424 g/mol. The van der Waals surface area contributed by atoms with Gasteiger partial charge in [0, 0.05) is 34.7 Å². The third kappa shape index (κ3) is 5.24. The van der Waals surface area contributed by atoms with E-state index < -0.39 is 0 Å². The fourth-order valence-electron chi connectivity index (χ4n) is 3.14. The van der Waals surface area contributed by atoms with Crippen molar-refractivity contribution in [3.63, 3.8) is 0 Å². The van der Waals surface area contributed by atoms with Gasteiger partial charge in [-0.15, -0.1) is 0 Å². The smallest absolute Gasteiger partial charge is 0.186 e. The number of hydrogen-bond acceptors (Lipinski definition) is 3. The molecule has 0 amide bonds. The number of benzene rings is 2. The largest absolute Gasteiger partial charge is 0.489 e. The molecule has 0 saturated carbocycles. The topological polar surface area (TPSA) is 50.6 Å². The molecular weight excluding hydrogens is 399 g/mol. The third-order valence-electron chi connectivity index (χ3n) is 4.62. The van der Waals surface area contributed by atoms with E-state index in [0.717, 1.165) is 29.2 Å². The average Bonchev–Trinajstić information content (AvgIpc) is 3.01. The molecule has 0 saturated heterocycles. The maximum Gasteiger partial charge on any atom is 0.186 e. The zero-order chi connectivity index (χ0) is 21.5. The Morgan fingerprint density at radius 3 is 2.60 bits per heavy atom. The van der Waals surface area contributed by atoms with Crippen molar-refractivity contribution in [1.82, 2.24) is 15.3 Å². The molecule has 0 fully saturated rings. The Bertz CT molecular complexity index is 1040. The van der Waals surface area contributed by atoms with E-state index in [4.69, 9.17) is 17.0 Å². The highest BCUT2D eigenvalue weighted by atomic mass is 32.1. The molecule has 3 aromatic rings. The summed E-state index contributed by atoms with van der Waals surface area (Å²) in [5, 5.41) is 7.68. The summed E-state index contributed by atoms with van der Waals surface area (Å²) >= 11 is 5.11. The number of ether oxygens (including phenoxy) is 1. The van der Waals surface area contributed by atoms with Crippen molar-refractivity contribution in [2.24, 2.45) is 5.10 Å². The van der Waals surface area contributed by atoms with Crippen LogP contribution in [-0.4, -0.2) is 22.4 Å². The second-order valence-electron chi connectivity index (χ2n) is 6.77. The number of rotatable bonds is 7. The number of halogens is 1. The normalized spacial score (nSPS) is 10.9. The van der Waals surface area contributed by atoms with Crippen molar-refractivity contribution in [1.29, 1.82) is 0 Å². The van der Waals surface area contributed by atoms with Crippen LogP contribution in [0.4, 0.5) is 4.39 Å². The zero-order valence-electron chi connectivity index (χ0n) is 17.3. The molecule has 0 aliphatic rings. The minimum absolute atomic E-state index is 0.190. The summed E-state index contributed by atoms with van der Waals surface area (Å²) in [6.45, 7) is 7.00. The van der Waals surface area contributed by atoms with E-state index in [1.807, 2.05) is 45.0 Å². The quantitative estimate of drug-likeness (QED) is 0.330. The number of aromatic nitrogens is 1. The van der Waals surface area contributed by atoms with Crippen LogP contribution in [0, 0.1) is 19.7 Å². The molecule has 30 heavy (non-hydrogen) atoms. The van der Waals surface area contributed by atoms with Crippen LogP contribution in [0.15, 0.2) is 59.7 Å². The van der Waals surface area contributed by atoms with Crippen molar-refractivity contribution < 1.29 is 9.13 Å². The van der Waals surface area contributed by atoms with Gasteiger partial charge in [-0.25, -0.2) is 4.39 Å². The predicted molar refractivity (Wildman–Crippen MR) is 123 cm³/mol. The molecular formula is C23H25FN4OS. The van der Waals surface area contributed by atoms with Crippen molar-refractivity contribution in [2.45, 2.75) is 27.4 Å². The molecule has 1 aromatic heterocycles. The Balaban J connectivity index is 1.70. The highest BCUT2D eigenvalue weighted by molar-refractivity contribution is 7.80. The lowest BCUT2D eigenvalue weighted by Gasteiger charge is -2.12. The molecule has 5 nitrogen and oxygen atoms in total. The minimum Gasteiger partial charge on any atom is -0.489 e. The maximum absolute atomic E-state index is 13.7. The van der Waals surface area contributed by atoms with E-state index in [9.17, 15) is 4.39 Å². The highest BCUT2D eigenvalue weighted by Gasteiger charge is 2.10. The van der Waals surface area contributed by atoms with Crippen molar-refractivity contribution in [2.75, 3.05) is 6.54 Å². The molecule has 0 bridgehead atoms. The molecule has 0 unspecified atom stereocenters. The van der Waals surface area contributed by atoms with E-state index >= 15 is 0 Å². The Labute approximate surface area is 181 Å². The van der Waals surface area contributed by atoms with Gasteiger partial charge in [0.05, 0.1) is 6.21 Å². The first-order valence-electron chi connectivity index (χ1n) is 9.72. The first-order chi connectivity index (χ1) is 14.5. The summed E-state index contributed by atoms with van der Waals surface area (Å²) in [7, 11) is 0. The Hall–Kier alpha value is -3.19. The van der Waals surface area contributed by atoms with Gasteiger partial charge in [0.15, 0.2) is 5.11 Å². The molecule has 1 heterocycles. The molecule has 3 rings (SSSR count). The number of nitrogens with zero attached hydrogens (tertiary/aromatic N) is 2. The Morgan fingerprint density at radius 1 is 1.17 bits per heavy atom. The van der Waals surface area contributed by atoms with Crippen LogP contribution in [0.25, 0.3) is 5.69 Å². The van der Waals surface area contributed by atoms with E-state index in [2.05, 4.69) is 26.5 Å². The molecule has 0 aliphatic carbocycles. The molecule has 7 heteroatoms. The predicted octanol–water partition coefficient (Wildman–Crippen LogP) is 4.63. The van der Waals surface area contributed by atoms with Gasteiger partial charge < -0.3 is 14.6 Å². The second-order valence-corrected chi connectivity index (χ2v) is 7.17. The number of thiocarbonyl (C=S) groups is 1. The van der Waals surface area contributed by atoms with Crippen LogP contribution in [0.1, 0.15) is 29.4 Å². The van der Waals surface area contributed by atoms with Crippen molar-refractivity contribution in [3.8, 4) is 11.4 Å². The van der Waals surface area contributed by atoms with Gasteiger partial charge in [0.1, 0.15) is 18.2 Å². The number of nitrogens with one attached hydrogen (secondary N) is 2. The minimum atomic E-state index is -0.261. The van der Waals surface area contributed by atoms with Gasteiger partial charge in [0.2, 0.25) is 0 Å². The lowest BCUT2D eigenvalue weighted by Crippen LogP contribution is -2.31. The van der Waals surface area contributed by atoms with Crippen LogP contribution in [0.2, 0.25) is 0 Å². The molecule has 0 aliphatic heterocycles. The van der Waals surface area contributed by atoms with Crippen LogP contribution in [0.5, 0.6) is 5.75 Å². The maximum atomic E-state index is 13.7. The molecule has 2 N–H and O–H groups in total. The van der Waals surface area contributed by atoms with Gasteiger partial charge in [-0.05, 0) is 69.4 Å². The summed E-state index contributed by atoms with van der Waals surface area (Å²) in [5.41, 5.74) is 7.50. The first kappa shape index (κ1) is 21.5. The van der Waals surface area contributed by atoms with Gasteiger partial charge in [-0.1, -0.05) is 18.2 Å². The summed E-state index contributed by atoms with van der Waals surface area (Å²) in [5.74, 6) is 0.426. The summed E-state index contributed by atoms with van der Waals surface area (Å²) in [6.07, 6.45) is 1.76. The second kappa shape index (κ2) is 10.0. The number of hydrazone groups is 1. The van der Waals surface area contributed by atoms with Crippen molar-refractivity contribution in [3.05, 3.63) is 82.9 Å². The van der Waals surface area contributed by atoms with E-state index in [0.29, 0.717) is 16.4 Å². The van der Waals surface area contributed by atoms with Crippen LogP contribution in [0.3, 0.4) is 0 Å². The lowest BCUT2D eigenvalue weighted by molar-refractivity contribution is 0.300. The van der Waals surface area contributed by atoms with Gasteiger partial charge >= 0.3 is 0 Å². The zero-order valence-corrected chi connectivity index (χ0v) is 18.1. The van der Waals surface area contributed by atoms with Gasteiger partial charge in [-0.2, -0.15) is 5.10 Å². The van der Waals surface area contributed by atoms with E-state index in [1.165, 1.54) is 6.07 Å². The van der Waals surface area contributed by atoms with Crippen LogP contribution >= 0.6 is 12.2 Å². The van der Waals surface area contributed by atoms with E-state index in [1.54, 1.807) is 24.4 Å². The lowest BCUT2D eigenvalue weighted by atomic mass is 10.2. The SMILES string of the molecule is CCNC(=S)N/N=C\c1cc(C)n(-c2ccc(OCc3ccccc3F)cc2)c1C. The highest BCUT2D eigenvalue weighted by Crippen LogP contribution is 2.22. The molecule has 0 radical (unpaired) electrons. The Morgan fingerprint density at radius 2 is 1.90 bits per heavy atom. The number of hydrogen-bond donors (Lipinski definition) is 2. The molecule has 0 atom stereocenters. The standard InChI is InChI=1S/C23H25FN4OS/c1-4-25-23(30)27-26-14-19-13-16(2)28(17(19)3)20-9-11-21(12-10-20)29-15-18-7-5-6-8-22(18)24/h5-14H,4,15H2,1-3H3,(H2,25,27,30)/b26-14-. The fraction of sp³-hybridized carbons (Fsp3) is 0.217. The van der Waals surface area contributed by atoms with Crippen LogP contribution < -0.4 is 15.5 Å². The van der Waals surface area contributed by atoms with Crippen LogP contribution in [-0.2, 0) is 6.61 Å². The van der Waals surface area contributed by atoms with Gasteiger partial charge in [0.25, 0.3) is 0 Å². The molecule has 2 aromatic carbocycles. The van der Waals surface area contributed by atoms with Crippen molar-refractivity contribution >= 4 is 23.5 Å². The molecule has 0 spiro atoms. The number of aryl methyl sites for hydroxylation is 1. The summed E-state index contributed by atoms with van der Waals surface area (Å²) in [6, 6.07) is 16.4. The molecule has 156 valence electrons. The average molecular weight is 425 g/mol. The summed E-state index contributed by atoms with van der Waals surface area (Å²) in [4.78, 5) is 0.